The van der Waals surface area contributed by atoms with Gasteiger partial charge in [-0.05, 0) is 61.0 Å². The van der Waals surface area contributed by atoms with Gasteiger partial charge in [0.15, 0.2) is 17.6 Å². The lowest BCUT2D eigenvalue weighted by atomic mass is 10.1. The Labute approximate surface area is 232 Å². The first-order valence-corrected chi connectivity index (χ1v) is 12.8. The minimum atomic E-state index is -1.10. The molecule has 0 fully saturated rings. The highest BCUT2D eigenvalue weighted by atomic mass is 16.5. The first-order valence-electron chi connectivity index (χ1n) is 12.8. The Hall–Kier alpha value is -5.71. The van der Waals surface area contributed by atoms with Crippen LogP contribution in [-0.4, -0.2) is 37.7 Å². The fourth-order valence-electron chi connectivity index (χ4n) is 4.31. The van der Waals surface area contributed by atoms with E-state index in [1.807, 2.05) is 6.07 Å². The van der Waals surface area contributed by atoms with Crippen LogP contribution in [0.3, 0.4) is 0 Å². The van der Waals surface area contributed by atoms with Crippen molar-refractivity contribution in [2.75, 3.05) is 5.32 Å². The number of nitrogens with zero attached hydrogens (tertiary/aromatic N) is 3. The van der Waals surface area contributed by atoms with E-state index in [0.717, 1.165) is 0 Å². The van der Waals surface area contributed by atoms with Gasteiger partial charge in [0.05, 0.1) is 34.8 Å². The highest BCUT2D eigenvalue weighted by molar-refractivity contribution is 5.98. The number of ether oxygens (including phenoxy) is 1. The van der Waals surface area contributed by atoms with E-state index >= 15 is 0 Å². The van der Waals surface area contributed by atoms with Crippen molar-refractivity contribution in [2.45, 2.75) is 19.4 Å². The molecule has 11 heteroatoms. The highest BCUT2D eigenvalue weighted by Crippen LogP contribution is 2.31. The van der Waals surface area contributed by atoms with Gasteiger partial charge >= 0.3 is 5.97 Å². The van der Waals surface area contributed by atoms with E-state index < -0.39 is 18.0 Å². The van der Waals surface area contributed by atoms with Crippen molar-refractivity contribution < 1.29 is 23.2 Å². The normalized spacial score (nSPS) is 11.8. The average Bonchev–Trinajstić information content (AvgIpc) is 3.78. The maximum absolute atomic E-state index is 13.1. The van der Waals surface area contributed by atoms with Crippen LogP contribution in [0.2, 0.25) is 0 Å². The van der Waals surface area contributed by atoms with Crippen LogP contribution in [-0.2, 0) is 9.53 Å². The number of aromatic amines is 1. The van der Waals surface area contributed by atoms with Gasteiger partial charge in [-0.1, -0.05) is 25.1 Å². The van der Waals surface area contributed by atoms with Gasteiger partial charge in [-0.15, -0.1) is 0 Å². The van der Waals surface area contributed by atoms with Crippen LogP contribution in [0.25, 0.3) is 39.6 Å². The number of aromatic nitrogens is 4. The summed E-state index contributed by atoms with van der Waals surface area (Å²) >= 11 is 0. The number of anilines is 1. The molecule has 6 rings (SSSR count). The molecule has 0 radical (unpaired) electrons. The second-order valence-electron chi connectivity index (χ2n) is 9.05. The van der Waals surface area contributed by atoms with Crippen LogP contribution in [0.1, 0.15) is 23.7 Å². The molecule has 1 atom stereocenters. The zero-order valence-corrected chi connectivity index (χ0v) is 21.7. The first kappa shape index (κ1) is 25.6. The second kappa shape index (κ2) is 10.8. The molecule has 0 saturated carbocycles. The largest absolute Gasteiger partial charge is 0.463 e. The summed E-state index contributed by atoms with van der Waals surface area (Å²) in [7, 11) is 0. The summed E-state index contributed by atoms with van der Waals surface area (Å²) in [6.45, 7) is 1.72. The third-order valence-corrected chi connectivity index (χ3v) is 6.31. The van der Waals surface area contributed by atoms with Crippen molar-refractivity contribution in [3.63, 3.8) is 0 Å². The summed E-state index contributed by atoms with van der Waals surface area (Å²) in [6.07, 6.45) is 2.18. The molecule has 6 aromatic rings. The minimum Gasteiger partial charge on any atom is -0.463 e. The van der Waals surface area contributed by atoms with E-state index in [2.05, 4.69) is 10.4 Å². The summed E-state index contributed by atoms with van der Waals surface area (Å²) in [5, 5.41) is 5.47. The Morgan fingerprint density at radius 3 is 2.22 bits per heavy atom. The molecule has 4 heterocycles. The summed E-state index contributed by atoms with van der Waals surface area (Å²) < 4.78 is 17.9. The van der Waals surface area contributed by atoms with E-state index in [1.54, 1.807) is 79.9 Å². The molecule has 2 aromatic carbocycles. The summed E-state index contributed by atoms with van der Waals surface area (Å²) in [4.78, 5) is 47.8. The maximum atomic E-state index is 13.1. The fraction of sp³-hybridized carbons (Fsp3) is 0.100. The molecule has 0 bridgehead atoms. The molecule has 11 nitrogen and oxygen atoms in total. The fourth-order valence-corrected chi connectivity index (χ4v) is 4.31. The lowest BCUT2D eigenvalue weighted by Gasteiger charge is -2.15. The number of furan rings is 2. The number of para-hydroxylation sites is 1. The molecule has 1 amide bonds. The van der Waals surface area contributed by atoms with Gasteiger partial charge in [0.1, 0.15) is 17.2 Å². The zero-order chi connectivity index (χ0) is 28.3. The van der Waals surface area contributed by atoms with E-state index in [4.69, 9.17) is 23.5 Å². The average molecular weight is 550 g/mol. The molecule has 0 aliphatic rings. The minimum absolute atomic E-state index is 0.178. The van der Waals surface area contributed by atoms with E-state index in [9.17, 15) is 14.4 Å². The number of carbonyl (C=O) groups is 2. The third kappa shape index (κ3) is 5.15. The van der Waals surface area contributed by atoms with Crippen molar-refractivity contribution in [3.8, 4) is 28.6 Å². The number of carbonyl (C=O) groups excluding carboxylic acids is 2. The van der Waals surface area contributed by atoms with Gasteiger partial charge in [-0.2, -0.15) is 0 Å². The predicted molar refractivity (Wildman–Crippen MR) is 149 cm³/mol. The Morgan fingerprint density at radius 2 is 1.59 bits per heavy atom. The summed E-state index contributed by atoms with van der Waals surface area (Å²) in [6, 6.07) is 22.0. The zero-order valence-electron chi connectivity index (χ0n) is 21.7. The van der Waals surface area contributed by atoms with Gasteiger partial charge < -0.3 is 18.9 Å². The number of esters is 1. The summed E-state index contributed by atoms with van der Waals surface area (Å²) in [5.41, 5.74) is 2.36. The number of H-pyrrole nitrogens is 1. The van der Waals surface area contributed by atoms with Crippen molar-refractivity contribution in [1.29, 1.82) is 0 Å². The van der Waals surface area contributed by atoms with E-state index in [-0.39, 0.29) is 23.4 Å². The quantitative estimate of drug-likeness (QED) is 0.246. The molecule has 0 aliphatic carbocycles. The van der Waals surface area contributed by atoms with E-state index in [1.165, 1.54) is 17.0 Å². The van der Waals surface area contributed by atoms with Crippen molar-refractivity contribution in [2.24, 2.45) is 0 Å². The molecular formula is C30H23N5O6. The van der Waals surface area contributed by atoms with Gasteiger partial charge in [0.25, 0.3) is 11.5 Å². The van der Waals surface area contributed by atoms with E-state index in [0.29, 0.717) is 39.6 Å². The number of amides is 1. The van der Waals surface area contributed by atoms with Gasteiger partial charge in [0, 0.05) is 6.07 Å². The van der Waals surface area contributed by atoms with Gasteiger partial charge in [-0.25, -0.2) is 19.4 Å². The van der Waals surface area contributed by atoms with Crippen LogP contribution < -0.4 is 10.9 Å². The van der Waals surface area contributed by atoms with Crippen LogP contribution >= 0.6 is 0 Å². The SMILES string of the molecule is CCC(OC(=O)c1ccc2nc(-c3ccco3)c(-c3ccco3)nc2c1)C(=O)Nc1cc(=O)n(-c2ccccc2)[nH]1. The lowest BCUT2D eigenvalue weighted by Crippen LogP contribution is -2.32. The number of rotatable bonds is 8. The van der Waals surface area contributed by atoms with Crippen LogP contribution in [0.4, 0.5) is 5.82 Å². The predicted octanol–water partition coefficient (Wildman–Crippen LogP) is 5.20. The monoisotopic (exact) mass is 549 g/mol. The van der Waals surface area contributed by atoms with Crippen molar-refractivity contribution >= 4 is 28.7 Å². The number of hydrogen-bond donors (Lipinski definition) is 2. The Morgan fingerprint density at radius 1 is 0.902 bits per heavy atom. The number of benzene rings is 2. The van der Waals surface area contributed by atoms with Crippen LogP contribution in [0.15, 0.2) is 105 Å². The molecule has 2 N–H and O–H groups in total. The molecular weight excluding hydrogens is 526 g/mol. The summed E-state index contributed by atoms with van der Waals surface area (Å²) in [5.74, 6) is -0.101. The lowest BCUT2D eigenvalue weighted by molar-refractivity contribution is -0.124. The van der Waals surface area contributed by atoms with Crippen LogP contribution in [0, 0.1) is 0 Å². The third-order valence-electron chi connectivity index (χ3n) is 6.31. The van der Waals surface area contributed by atoms with Gasteiger partial charge in [-0.3, -0.25) is 14.7 Å². The number of fused-ring (bicyclic) bond motifs is 1. The standard InChI is InChI=1S/C30H23N5O6/c1-2-22(29(37)33-25-17-26(36)35(34-25)19-8-4-3-5-9-19)41-30(38)18-12-13-20-21(16-18)32-28(24-11-7-15-40-24)27(31-20)23-10-6-14-39-23/h3-17,22,34H,2H2,1H3,(H,33,37). The molecule has 0 saturated heterocycles. The molecule has 41 heavy (non-hydrogen) atoms. The van der Waals surface area contributed by atoms with Crippen molar-refractivity contribution in [1.82, 2.24) is 19.7 Å². The molecule has 204 valence electrons. The van der Waals surface area contributed by atoms with Crippen molar-refractivity contribution in [3.05, 3.63) is 107 Å². The smallest absolute Gasteiger partial charge is 0.338 e. The number of nitrogens with one attached hydrogen (secondary N) is 2. The highest BCUT2D eigenvalue weighted by Gasteiger charge is 2.24. The molecule has 1 unspecified atom stereocenters. The maximum Gasteiger partial charge on any atom is 0.338 e. The molecule has 4 aromatic heterocycles. The van der Waals surface area contributed by atoms with Crippen LogP contribution in [0.5, 0.6) is 0 Å². The Kier molecular flexibility index (Phi) is 6.74. The topological polar surface area (TPSA) is 145 Å². The molecule has 0 aliphatic heterocycles. The Balaban J connectivity index is 1.22. The second-order valence-corrected chi connectivity index (χ2v) is 9.05. The Bertz CT molecular complexity index is 1890. The van der Waals surface area contributed by atoms with Gasteiger partial charge in [0.2, 0.25) is 0 Å². The molecule has 0 spiro atoms. The first-order chi connectivity index (χ1) is 20.0. The number of hydrogen-bond acceptors (Lipinski definition) is 8.